The third-order valence-electron chi connectivity index (χ3n) is 6.53. The van der Waals surface area contributed by atoms with Gasteiger partial charge in [0.2, 0.25) is 11.9 Å². The van der Waals surface area contributed by atoms with Gasteiger partial charge in [-0.15, -0.1) is 16.9 Å². The number of nitrogens with zero attached hydrogens (tertiary/aromatic N) is 4. The maximum atomic E-state index is 13.2. The Kier molecular flexibility index (Phi) is 8.15. The molecule has 0 unspecified atom stereocenters. The second-order valence-electron chi connectivity index (χ2n) is 9.71. The lowest BCUT2D eigenvalue weighted by Gasteiger charge is -2.25. The number of rotatable bonds is 8. The number of esters is 2. The molecule has 5 rings (SSSR count). The van der Waals surface area contributed by atoms with Gasteiger partial charge in [0.05, 0.1) is 11.1 Å². The second kappa shape index (κ2) is 11.9. The molecular formula is C28H28N6O6S. The van der Waals surface area contributed by atoms with Crippen molar-refractivity contribution >= 4 is 46.7 Å². The molecule has 1 fully saturated rings. The van der Waals surface area contributed by atoms with E-state index in [2.05, 4.69) is 25.6 Å². The lowest BCUT2D eigenvalue weighted by Crippen LogP contribution is -2.39. The van der Waals surface area contributed by atoms with E-state index in [1.165, 1.54) is 16.4 Å². The Morgan fingerprint density at radius 1 is 0.976 bits per heavy atom. The number of nitrogens with one attached hydrogen (secondary N) is 2. The quantitative estimate of drug-likeness (QED) is 0.297. The van der Waals surface area contributed by atoms with Gasteiger partial charge in [0, 0.05) is 11.2 Å². The third kappa shape index (κ3) is 5.85. The first-order valence-corrected chi connectivity index (χ1v) is 14.0. The van der Waals surface area contributed by atoms with Gasteiger partial charge in [-0.05, 0) is 30.7 Å². The minimum atomic E-state index is -1.01. The number of benzene rings is 2. The minimum absolute atomic E-state index is 0.0564. The number of ether oxygens (including phenoxy) is 2. The summed E-state index contributed by atoms with van der Waals surface area (Å²) >= 11 is 1.37. The van der Waals surface area contributed by atoms with E-state index in [1.807, 2.05) is 6.92 Å². The van der Waals surface area contributed by atoms with Gasteiger partial charge in [-0.25, -0.2) is 14.3 Å². The number of anilines is 1. The van der Waals surface area contributed by atoms with E-state index in [1.54, 1.807) is 74.5 Å². The first kappa shape index (κ1) is 28.0. The molecule has 1 aliphatic heterocycles. The van der Waals surface area contributed by atoms with Crippen molar-refractivity contribution in [1.82, 2.24) is 25.0 Å². The predicted octanol–water partition coefficient (Wildman–Crippen LogP) is 3.58. The highest BCUT2D eigenvalue weighted by Gasteiger charge is 2.50. The van der Waals surface area contributed by atoms with Crippen LogP contribution in [0.1, 0.15) is 53.3 Å². The van der Waals surface area contributed by atoms with Crippen molar-refractivity contribution in [3.05, 3.63) is 82.1 Å². The molecule has 4 aromatic rings. The third-order valence-corrected chi connectivity index (χ3v) is 8.23. The summed E-state index contributed by atoms with van der Waals surface area (Å²) in [6, 6.07) is 17.0. The fraction of sp³-hybridized carbons (Fsp3) is 0.321. The Morgan fingerprint density at radius 3 is 2.12 bits per heavy atom. The Bertz CT molecular complexity index is 1620. The minimum Gasteiger partial charge on any atom is -0.454 e. The molecule has 2 N–H and O–H groups in total. The van der Waals surface area contributed by atoms with E-state index in [0.717, 1.165) is 0 Å². The zero-order valence-corrected chi connectivity index (χ0v) is 23.3. The second-order valence-corrected chi connectivity index (χ2v) is 11.1. The van der Waals surface area contributed by atoms with E-state index in [4.69, 9.17) is 9.47 Å². The number of hydrogen-bond acceptors (Lipinski definition) is 10. The van der Waals surface area contributed by atoms with Crippen LogP contribution in [0.2, 0.25) is 0 Å². The SMILES string of the molecule is CC[C@H]1S[C@@H](n2nnc3c(=O)[nH]c(NC(=O)C(C)C)nc32)[C@H](OC(=O)c2ccccc2)[C@@H]1OC(=O)c1ccccc1. The monoisotopic (exact) mass is 576 g/mol. The lowest BCUT2D eigenvalue weighted by molar-refractivity contribution is -0.118. The molecule has 0 spiro atoms. The molecular weight excluding hydrogens is 548 g/mol. The van der Waals surface area contributed by atoms with Crippen molar-refractivity contribution < 1.29 is 23.9 Å². The molecule has 3 heterocycles. The number of aromatic nitrogens is 5. The summed E-state index contributed by atoms with van der Waals surface area (Å²) in [5.74, 6) is -1.93. The molecule has 4 atom stereocenters. The summed E-state index contributed by atoms with van der Waals surface area (Å²) in [6.07, 6.45) is -1.29. The standard InChI is InChI=1S/C28H28N6O6S/c1-4-18-20(39-26(37)16-11-7-5-8-12-16)21(40-27(38)17-13-9-6-10-14-17)25(41-18)34-22-19(32-33-34)24(36)31-28(29-22)30-23(35)15(2)3/h5-15,18,20-21,25H,4H2,1-3H3,(H2,29,30,31,35,36)/t18-,20-,21-,25-/m1/s1. The molecule has 0 aliphatic carbocycles. The van der Waals surface area contributed by atoms with Crippen molar-refractivity contribution in [2.75, 3.05) is 5.32 Å². The normalized spacial score (nSPS) is 20.2. The average Bonchev–Trinajstić information content (AvgIpc) is 3.55. The largest absolute Gasteiger partial charge is 0.454 e. The topological polar surface area (TPSA) is 158 Å². The van der Waals surface area contributed by atoms with Gasteiger partial charge < -0.3 is 9.47 Å². The molecule has 1 amide bonds. The summed E-state index contributed by atoms with van der Waals surface area (Å²) in [4.78, 5) is 58.3. The molecule has 41 heavy (non-hydrogen) atoms. The number of fused-ring (bicyclic) bond motifs is 1. The van der Waals surface area contributed by atoms with E-state index in [9.17, 15) is 19.2 Å². The maximum absolute atomic E-state index is 13.2. The molecule has 1 aliphatic rings. The molecule has 13 heteroatoms. The number of thioether (sulfide) groups is 1. The first-order valence-electron chi connectivity index (χ1n) is 13.1. The summed E-state index contributed by atoms with van der Waals surface area (Å²) in [5, 5.41) is 9.73. The summed E-state index contributed by atoms with van der Waals surface area (Å²) in [6.45, 7) is 5.35. The van der Waals surface area contributed by atoms with E-state index < -0.39 is 35.1 Å². The van der Waals surface area contributed by atoms with Gasteiger partial charge in [-0.1, -0.05) is 62.4 Å². The van der Waals surface area contributed by atoms with Crippen LogP contribution >= 0.6 is 11.8 Å². The van der Waals surface area contributed by atoms with Crippen LogP contribution in [0.4, 0.5) is 5.95 Å². The Morgan fingerprint density at radius 2 is 1.56 bits per heavy atom. The van der Waals surface area contributed by atoms with Crippen molar-refractivity contribution in [2.45, 2.75) is 50.0 Å². The van der Waals surface area contributed by atoms with Gasteiger partial charge in [0.25, 0.3) is 5.56 Å². The Labute approximate surface area is 238 Å². The van der Waals surface area contributed by atoms with Crippen molar-refractivity contribution in [3.8, 4) is 0 Å². The molecule has 12 nitrogen and oxygen atoms in total. The number of amides is 1. The van der Waals surface area contributed by atoms with Gasteiger partial charge in [-0.2, -0.15) is 4.98 Å². The van der Waals surface area contributed by atoms with Crippen LogP contribution in [0.15, 0.2) is 65.5 Å². The summed E-state index contributed by atoms with van der Waals surface area (Å²) in [5.41, 5.74) is 0.102. The van der Waals surface area contributed by atoms with Crippen LogP contribution in [0, 0.1) is 5.92 Å². The smallest absolute Gasteiger partial charge is 0.338 e. The van der Waals surface area contributed by atoms with Gasteiger partial charge >= 0.3 is 11.9 Å². The summed E-state index contributed by atoms with van der Waals surface area (Å²) < 4.78 is 13.4. The van der Waals surface area contributed by atoms with E-state index >= 15 is 0 Å². The molecule has 0 saturated carbocycles. The average molecular weight is 577 g/mol. The number of carbonyl (C=O) groups is 3. The van der Waals surface area contributed by atoms with Crippen LogP contribution in [-0.4, -0.2) is 60.3 Å². The Hall–Kier alpha value is -4.52. The molecule has 212 valence electrons. The number of H-pyrrole nitrogens is 1. The van der Waals surface area contributed by atoms with Crippen molar-refractivity contribution in [2.24, 2.45) is 5.92 Å². The van der Waals surface area contributed by atoms with Crippen LogP contribution in [0.25, 0.3) is 11.2 Å². The van der Waals surface area contributed by atoms with E-state index in [-0.39, 0.29) is 34.2 Å². The predicted molar refractivity (Wildman–Crippen MR) is 151 cm³/mol. The van der Waals surface area contributed by atoms with E-state index in [0.29, 0.717) is 17.5 Å². The lowest BCUT2D eigenvalue weighted by atomic mass is 10.1. The zero-order valence-electron chi connectivity index (χ0n) is 22.5. The molecule has 1 saturated heterocycles. The van der Waals surface area contributed by atoms with Crippen LogP contribution in [-0.2, 0) is 14.3 Å². The molecule has 0 bridgehead atoms. The summed E-state index contributed by atoms with van der Waals surface area (Å²) in [7, 11) is 0. The molecule has 0 radical (unpaired) electrons. The van der Waals surface area contributed by atoms with Crippen molar-refractivity contribution in [1.29, 1.82) is 0 Å². The van der Waals surface area contributed by atoms with Gasteiger partial charge in [0.1, 0.15) is 5.37 Å². The fourth-order valence-electron chi connectivity index (χ4n) is 4.36. The van der Waals surface area contributed by atoms with Crippen LogP contribution in [0.5, 0.6) is 0 Å². The highest BCUT2D eigenvalue weighted by molar-refractivity contribution is 8.00. The zero-order chi connectivity index (χ0) is 29.1. The highest BCUT2D eigenvalue weighted by Crippen LogP contribution is 2.47. The number of hydrogen-bond donors (Lipinski definition) is 2. The molecule has 2 aromatic carbocycles. The molecule has 2 aromatic heterocycles. The first-order chi connectivity index (χ1) is 19.8. The van der Waals surface area contributed by atoms with Gasteiger partial charge in [-0.3, -0.25) is 19.9 Å². The number of aromatic amines is 1. The van der Waals surface area contributed by atoms with Crippen LogP contribution in [0.3, 0.4) is 0 Å². The highest BCUT2D eigenvalue weighted by atomic mass is 32.2. The fourth-order valence-corrected chi connectivity index (χ4v) is 5.90. The van der Waals surface area contributed by atoms with Crippen LogP contribution < -0.4 is 10.9 Å². The maximum Gasteiger partial charge on any atom is 0.338 e. The van der Waals surface area contributed by atoms with Crippen molar-refractivity contribution in [3.63, 3.8) is 0 Å². The number of carbonyl (C=O) groups excluding carboxylic acids is 3. The van der Waals surface area contributed by atoms with Gasteiger partial charge in [0.15, 0.2) is 23.4 Å². The Balaban J connectivity index is 1.55.